The fourth-order valence-corrected chi connectivity index (χ4v) is 9.85. The molecular weight excluding hydrogens is 765 g/mol. The van der Waals surface area contributed by atoms with E-state index in [2.05, 4.69) is 6.92 Å². The normalized spacial score (nSPS) is 11.5. The fraction of sp³-hybridized carbons (Fsp3) is 0.885. The van der Waals surface area contributed by atoms with Crippen LogP contribution in [0.4, 0.5) is 0 Å². The van der Waals surface area contributed by atoms with Gasteiger partial charge in [-0.05, 0) is 18.6 Å². The highest BCUT2D eigenvalue weighted by Crippen LogP contribution is 2.19. The van der Waals surface area contributed by atoms with Crippen LogP contribution in [0.2, 0.25) is 0 Å². The Morgan fingerprint density at radius 3 is 0.635 bits per heavy atom. The lowest BCUT2D eigenvalue weighted by Crippen LogP contribution is -2.07. The largest absolute Gasteiger partial charge is 0.427 e. The van der Waals surface area contributed by atoms with Gasteiger partial charge in [0.2, 0.25) is 0 Å². The predicted molar refractivity (Wildman–Crippen MR) is 282 cm³/mol. The van der Waals surface area contributed by atoms with Crippen LogP contribution in [0.5, 0.6) is 5.75 Å². The first-order chi connectivity index (χ1) is 31.3. The van der Waals surface area contributed by atoms with E-state index in [1.807, 2.05) is 30.3 Å². The van der Waals surface area contributed by atoms with E-state index < -0.39 is 0 Å². The zero-order chi connectivity index (χ0) is 44.9. The summed E-state index contributed by atoms with van der Waals surface area (Å²) in [5.74, 6) is 0.559. The van der Waals surface area contributed by atoms with E-state index in [0.29, 0.717) is 12.2 Å². The molecular formula is C61H114O2. The van der Waals surface area contributed by atoms with Crippen LogP contribution >= 0.6 is 0 Å². The van der Waals surface area contributed by atoms with Gasteiger partial charge in [0.25, 0.3) is 0 Å². The molecule has 370 valence electrons. The highest BCUT2D eigenvalue weighted by Gasteiger charge is 2.04. The lowest BCUT2D eigenvalue weighted by atomic mass is 10.0. The number of carbonyl (C=O) groups excluding carboxylic acids is 1. The molecule has 0 aromatic heterocycles. The topological polar surface area (TPSA) is 26.3 Å². The van der Waals surface area contributed by atoms with Crippen molar-refractivity contribution < 1.29 is 9.53 Å². The van der Waals surface area contributed by atoms with E-state index in [1.54, 1.807) is 0 Å². The molecule has 0 N–H and O–H groups in total. The van der Waals surface area contributed by atoms with Gasteiger partial charge in [-0.2, -0.15) is 0 Å². The van der Waals surface area contributed by atoms with Crippen molar-refractivity contribution in [1.29, 1.82) is 0 Å². The zero-order valence-corrected chi connectivity index (χ0v) is 43.2. The second-order valence-electron chi connectivity index (χ2n) is 20.6. The summed E-state index contributed by atoms with van der Waals surface area (Å²) in [6.45, 7) is 2.31. The van der Waals surface area contributed by atoms with Crippen LogP contribution in [0.15, 0.2) is 30.3 Å². The second-order valence-corrected chi connectivity index (χ2v) is 20.6. The van der Waals surface area contributed by atoms with Gasteiger partial charge in [0.1, 0.15) is 5.75 Å². The van der Waals surface area contributed by atoms with Crippen molar-refractivity contribution in [2.24, 2.45) is 0 Å². The number of hydrogen-bond acceptors (Lipinski definition) is 2. The van der Waals surface area contributed by atoms with Crippen molar-refractivity contribution >= 4 is 5.97 Å². The second kappa shape index (κ2) is 53.3. The fourth-order valence-electron chi connectivity index (χ4n) is 9.85. The summed E-state index contributed by atoms with van der Waals surface area (Å²) >= 11 is 0. The SMILES string of the molecule is CCCCCCCCCCCCCCCCCCCCCCCCCCCCCCCCCCCCCCCCCCCCCCCCCCCCCCC(=O)Oc1ccccc1. The molecule has 0 saturated heterocycles. The van der Waals surface area contributed by atoms with Gasteiger partial charge >= 0.3 is 5.97 Å². The Morgan fingerprint density at radius 1 is 0.270 bits per heavy atom. The average molecular weight is 880 g/mol. The van der Waals surface area contributed by atoms with Crippen molar-refractivity contribution in [3.63, 3.8) is 0 Å². The number of esters is 1. The molecule has 0 amide bonds. The molecule has 0 atom stereocenters. The first kappa shape index (κ1) is 59.7. The van der Waals surface area contributed by atoms with Crippen molar-refractivity contribution in [3.05, 3.63) is 30.3 Å². The van der Waals surface area contributed by atoms with Crippen molar-refractivity contribution in [2.75, 3.05) is 0 Å². The van der Waals surface area contributed by atoms with Gasteiger partial charge in [-0.1, -0.05) is 353 Å². The van der Waals surface area contributed by atoms with Crippen molar-refractivity contribution in [2.45, 2.75) is 347 Å². The Kier molecular flexibility index (Phi) is 50.5. The number of ether oxygens (including phenoxy) is 1. The summed E-state index contributed by atoms with van der Waals surface area (Å²) in [6.07, 6.45) is 75.8. The number of carbonyl (C=O) groups is 1. The quantitative estimate of drug-likeness (QED) is 0.0370. The Bertz CT molecular complexity index is 972. The maximum Gasteiger partial charge on any atom is 0.311 e. The summed E-state index contributed by atoms with van der Waals surface area (Å²) in [6, 6.07) is 9.42. The van der Waals surface area contributed by atoms with Gasteiger partial charge in [0.05, 0.1) is 0 Å². The minimum absolute atomic E-state index is 0.0983. The number of rotatable bonds is 54. The molecule has 0 fully saturated rings. The number of para-hydroxylation sites is 1. The standard InChI is InChI=1S/C61H114O2/c1-2-3-4-5-6-7-8-9-10-11-12-13-14-15-16-17-18-19-20-21-22-23-24-25-26-27-28-29-30-31-32-33-34-35-36-37-38-39-40-41-42-43-44-45-46-47-48-49-50-51-52-56-59-61(62)63-60-57-54-53-55-58-60/h53-55,57-58H,2-52,56,59H2,1H3. The number of unbranched alkanes of at least 4 members (excludes halogenated alkanes) is 51. The highest BCUT2D eigenvalue weighted by atomic mass is 16.5. The van der Waals surface area contributed by atoms with Crippen LogP contribution in [0.1, 0.15) is 347 Å². The smallest absolute Gasteiger partial charge is 0.311 e. The molecule has 0 heterocycles. The molecule has 0 aliphatic carbocycles. The summed E-state index contributed by atoms with van der Waals surface area (Å²) in [4.78, 5) is 11.9. The van der Waals surface area contributed by atoms with Crippen LogP contribution < -0.4 is 4.74 Å². The minimum Gasteiger partial charge on any atom is -0.427 e. The molecule has 2 heteroatoms. The summed E-state index contributed by atoms with van der Waals surface area (Å²) in [5.41, 5.74) is 0. The zero-order valence-electron chi connectivity index (χ0n) is 43.2. The molecule has 0 saturated carbocycles. The molecule has 0 aliphatic rings. The number of hydrogen-bond donors (Lipinski definition) is 0. The maximum absolute atomic E-state index is 11.9. The Hall–Kier alpha value is -1.31. The number of benzene rings is 1. The molecule has 0 spiro atoms. The highest BCUT2D eigenvalue weighted by molar-refractivity contribution is 5.72. The van der Waals surface area contributed by atoms with Crippen LogP contribution in [-0.4, -0.2) is 5.97 Å². The summed E-state index contributed by atoms with van der Waals surface area (Å²) in [7, 11) is 0. The maximum atomic E-state index is 11.9. The van der Waals surface area contributed by atoms with Gasteiger partial charge in [0.15, 0.2) is 0 Å². The molecule has 0 radical (unpaired) electrons. The van der Waals surface area contributed by atoms with E-state index >= 15 is 0 Å². The lowest BCUT2D eigenvalue weighted by Gasteiger charge is -2.05. The lowest BCUT2D eigenvalue weighted by molar-refractivity contribution is -0.134. The molecule has 1 rings (SSSR count). The predicted octanol–water partition coefficient (Wildman–Crippen LogP) is 22.3. The van der Waals surface area contributed by atoms with E-state index in [1.165, 1.54) is 321 Å². The van der Waals surface area contributed by atoms with Gasteiger partial charge in [-0.15, -0.1) is 0 Å². The Labute approximate surface area is 397 Å². The molecule has 0 unspecified atom stereocenters. The third-order valence-electron chi connectivity index (χ3n) is 14.2. The monoisotopic (exact) mass is 879 g/mol. The Morgan fingerprint density at radius 2 is 0.444 bits per heavy atom. The van der Waals surface area contributed by atoms with Crippen LogP contribution in [0.25, 0.3) is 0 Å². The Balaban J connectivity index is 1.60. The molecule has 1 aromatic carbocycles. The van der Waals surface area contributed by atoms with Gasteiger partial charge < -0.3 is 4.74 Å². The summed E-state index contributed by atoms with van der Waals surface area (Å²) in [5, 5.41) is 0. The molecule has 1 aromatic rings. The van der Waals surface area contributed by atoms with Gasteiger partial charge in [0, 0.05) is 6.42 Å². The van der Waals surface area contributed by atoms with Crippen molar-refractivity contribution in [3.8, 4) is 5.75 Å². The van der Waals surface area contributed by atoms with E-state index in [9.17, 15) is 4.79 Å². The van der Waals surface area contributed by atoms with Gasteiger partial charge in [-0.25, -0.2) is 0 Å². The minimum atomic E-state index is -0.0983. The van der Waals surface area contributed by atoms with Crippen LogP contribution in [0.3, 0.4) is 0 Å². The molecule has 63 heavy (non-hydrogen) atoms. The third-order valence-corrected chi connectivity index (χ3v) is 14.2. The average Bonchev–Trinajstić information content (AvgIpc) is 3.29. The van der Waals surface area contributed by atoms with Crippen molar-refractivity contribution in [1.82, 2.24) is 0 Å². The molecule has 0 aliphatic heterocycles. The summed E-state index contributed by atoms with van der Waals surface area (Å²) < 4.78 is 5.36. The molecule has 2 nitrogen and oxygen atoms in total. The van der Waals surface area contributed by atoms with E-state index in [-0.39, 0.29) is 5.97 Å². The first-order valence-electron chi connectivity index (χ1n) is 29.6. The van der Waals surface area contributed by atoms with Crippen LogP contribution in [-0.2, 0) is 4.79 Å². The molecule has 0 bridgehead atoms. The third kappa shape index (κ3) is 50.0. The van der Waals surface area contributed by atoms with Gasteiger partial charge in [-0.3, -0.25) is 4.79 Å². The van der Waals surface area contributed by atoms with E-state index in [4.69, 9.17) is 4.74 Å². The van der Waals surface area contributed by atoms with E-state index in [0.717, 1.165) is 12.8 Å². The van der Waals surface area contributed by atoms with Crippen LogP contribution in [0, 0.1) is 0 Å². The first-order valence-corrected chi connectivity index (χ1v) is 29.6.